The summed E-state index contributed by atoms with van der Waals surface area (Å²) >= 11 is 0. The van der Waals surface area contributed by atoms with Crippen LogP contribution in [-0.2, 0) is 9.53 Å². The second-order valence-corrected chi connectivity index (χ2v) is 7.02. The van der Waals surface area contributed by atoms with Crippen molar-refractivity contribution in [2.24, 2.45) is 0 Å². The molecule has 1 aliphatic rings. The zero-order valence-corrected chi connectivity index (χ0v) is 15.9. The highest BCUT2D eigenvalue weighted by Crippen LogP contribution is 2.44. The Morgan fingerprint density at radius 1 is 0.933 bits per heavy atom. The van der Waals surface area contributed by atoms with Crippen LogP contribution in [0.1, 0.15) is 17.0 Å². The molecule has 1 amide bonds. The van der Waals surface area contributed by atoms with Crippen molar-refractivity contribution in [1.82, 2.24) is 5.32 Å². The van der Waals surface area contributed by atoms with Gasteiger partial charge in [-0.2, -0.15) is 0 Å². The number of aliphatic carboxylic acids is 1. The van der Waals surface area contributed by atoms with Crippen LogP contribution in [0.15, 0.2) is 48.5 Å². The van der Waals surface area contributed by atoms with E-state index in [1.54, 1.807) is 0 Å². The van der Waals surface area contributed by atoms with Gasteiger partial charge in [-0.05, 0) is 22.3 Å². The molecule has 6 N–H and O–H groups in total. The lowest BCUT2D eigenvalue weighted by Crippen LogP contribution is -2.56. The van der Waals surface area contributed by atoms with Crippen molar-refractivity contribution >= 4 is 12.1 Å². The number of carbonyl (C=O) groups is 2. The molecule has 2 aromatic carbocycles. The molecule has 4 atom stereocenters. The van der Waals surface area contributed by atoms with Crippen LogP contribution in [0.3, 0.4) is 0 Å². The van der Waals surface area contributed by atoms with Gasteiger partial charge in [-0.15, -0.1) is 0 Å². The molecule has 0 aliphatic heterocycles. The SMILES string of the molecule is O=C(N[C@H](C(=O)O)[C@@H](O)C(O)[C@H](O)CO)OCC1c2ccccc2-c2ccccc21. The van der Waals surface area contributed by atoms with Crippen molar-refractivity contribution in [2.75, 3.05) is 13.2 Å². The van der Waals surface area contributed by atoms with Crippen molar-refractivity contribution in [3.8, 4) is 11.1 Å². The molecule has 0 aromatic heterocycles. The van der Waals surface area contributed by atoms with Gasteiger partial charge in [-0.1, -0.05) is 48.5 Å². The summed E-state index contributed by atoms with van der Waals surface area (Å²) in [5, 5.41) is 49.2. The maximum atomic E-state index is 12.2. The van der Waals surface area contributed by atoms with Crippen molar-refractivity contribution in [3.05, 3.63) is 59.7 Å². The Morgan fingerprint density at radius 2 is 1.47 bits per heavy atom. The van der Waals surface area contributed by atoms with Gasteiger partial charge < -0.3 is 35.6 Å². The van der Waals surface area contributed by atoms with Gasteiger partial charge in [0.2, 0.25) is 0 Å². The van der Waals surface area contributed by atoms with Gasteiger partial charge in [0.25, 0.3) is 0 Å². The first-order valence-electron chi connectivity index (χ1n) is 9.34. The van der Waals surface area contributed by atoms with Gasteiger partial charge in [0.1, 0.15) is 24.9 Å². The Labute approximate surface area is 172 Å². The average molecular weight is 417 g/mol. The molecule has 0 fully saturated rings. The van der Waals surface area contributed by atoms with E-state index in [-0.39, 0.29) is 12.5 Å². The summed E-state index contributed by atoms with van der Waals surface area (Å²) in [6.07, 6.45) is -6.92. The summed E-state index contributed by atoms with van der Waals surface area (Å²) in [6.45, 7) is -0.959. The lowest BCUT2D eigenvalue weighted by Gasteiger charge is -2.26. The van der Waals surface area contributed by atoms with Gasteiger partial charge in [0.05, 0.1) is 6.61 Å². The number of carboxylic acid groups (broad SMARTS) is 1. The van der Waals surface area contributed by atoms with E-state index >= 15 is 0 Å². The Balaban J connectivity index is 1.69. The van der Waals surface area contributed by atoms with E-state index in [1.165, 1.54) is 0 Å². The molecule has 9 heteroatoms. The Kier molecular flexibility index (Phi) is 6.68. The number of fused-ring (bicyclic) bond motifs is 3. The van der Waals surface area contributed by atoms with E-state index in [4.69, 9.17) is 9.84 Å². The number of aliphatic hydroxyl groups excluding tert-OH is 4. The van der Waals surface area contributed by atoms with Crippen molar-refractivity contribution in [1.29, 1.82) is 0 Å². The number of hydrogen-bond donors (Lipinski definition) is 6. The molecule has 0 radical (unpaired) electrons. The predicted molar refractivity (Wildman–Crippen MR) is 105 cm³/mol. The highest BCUT2D eigenvalue weighted by atomic mass is 16.5. The topological polar surface area (TPSA) is 157 Å². The van der Waals surface area contributed by atoms with Crippen LogP contribution in [0.25, 0.3) is 11.1 Å². The zero-order chi connectivity index (χ0) is 21.8. The third kappa shape index (κ3) is 4.29. The number of carbonyl (C=O) groups excluding carboxylic acids is 1. The molecule has 3 rings (SSSR count). The monoisotopic (exact) mass is 417 g/mol. The number of hydrogen-bond acceptors (Lipinski definition) is 7. The molecule has 0 bridgehead atoms. The summed E-state index contributed by atoms with van der Waals surface area (Å²) in [5.74, 6) is -1.88. The first kappa shape index (κ1) is 21.7. The van der Waals surface area contributed by atoms with Crippen molar-refractivity contribution < 1.29 is 39.9 Å². The highest BCUT2D eigenvalue weighted by molar-refractivity contribution is 5.81. The van der Waals surface area contributed by atoms with E-state index in [0.29, 0.717) is 0 Å². The third-order valence-electron chi connectivity index (χ3n) is 5.16. The van der Waals surface area contributed by atoms with Crippen LogP contribution in [0.2, 0.25) is 0 Å². The van der Waals surface area contributed by atoms with Gasteiger partial charge in [0, 0.05) is 5.92 Å². The predicted octanol–water partition coefficient (Wildman–Crippen LogP) is 0.0533. The number of benzene rings is 2. The quantitative estimate of drug-likeness (QED) is 0.352. The van der Waals surface area contributed by atoms with E-state index in [2.05, 4.69) is 0 Å². The van der Waals surface area contributed by atoms with Crippen molar-refractivity contribution in [3.63, 3.8) is 0 Å². The van der Waals surface area contributed by atoms with Crippen LogP contribution < -0.4 is 5.32 Å². The fraction of sp³-hybridized carbons (Fsp3) is 0.333. The van der Waals surface area contributed by atoms with Crippen LogP contribution in [0.4, 0.5) is 4.79 Å². The van der Waals surface area contributed by atoms with Gasteiger partial charge in [-0.25, -0.2) is 9.59 Å². The maximum absolute atomic E-state index is 12.2. The summed E-state index contributed by atoms with van der Waals surface area (Å²) in [7, 11) is 0. The van der Waals surface area contributed by atoms with Crippen LogP contribution >= 0.6 is 0 Å². The zero-order valence-electron chi connectivity index (χ0n) is 15.9. The standard InChI is InChI=1S/C21H23NO8/c23-9-16(24)18(25)19(26)17(20(27)28)22-21(29)30-10-15-13-7-3-1-5-11(13)12-6-2-4-8-14(12)15/h1-8,15-19,23-26H,9-10H2,(H,22,29)(H,27,28)/t16-,17+,18?,19-/m1/s1. The minimum Gasteiger partial charge on any atom is -0.480 e. The summed E-state index contributed by atoms with van der Waals surface area (Å²) in [5.41, 5.74) is 4.01. The lowest BCUT2D eigenvalue weighted by molar-refractivity contribution is -0.148. The number of ether oxygens (including phenoxy) is 1. The fourth-order valence-electron chi connectivity index (χ4n) is 3.59. The fourth-order valence-corrected chi connectivity index (χ4v) is 3.59. The lowest BCUT2D eigenvalue weighted by atomic mass is 9.98. The molecule has 30 heavy (non-hydrogen) atoms. The average Bonchev–Trinajstić information content (AvgIpc) is 3.08. The molecule has 1 aliphatic carbocycles. The Bertz CT molecular complexity index is 872. The second kappa shape index (κ2) is 9.23. The molecule has 160 valence electrons. The van der Waals surface area contributed by atoms with E-state index < -0.39 is 43.0 Å². The number of amides is 1. The van der Waals surface area contributed by atoms with Gasteiger partial charge in [0.15, 0.2) is 6.04 Å². The molecule has 0 saturated heterocycles. The minimum atomic E-state index is -2.06. The normalized spacial score (nSPS) is 16.7. The Morgan fingerprint density at radius 3 is 1.97 bits per heavy atom. The molecule has 2 aromatic rings. The molecule has 0 saturated carbocycles. The molecule has 0 heterocycles. The van der Waals surface area contributed by atoms with E-state index in [0.717, 1.165) is 22.3 Å². The first-order chi connectivity index (χ1) is 14.3. The molecule has 0 spiro atoms. The van der Waals surface area contributed by atoms with E-state index in [1.807, 2.05) is 53.8 Å². The van der Waals surface area contributed by atoms with E-state index in [9.17, 15) is 30.0 Å². The second-order valence-electron chi connectivity index (χ2n) is 7.02. The smallest absolute Gasteiger partial charge is 0.407 e. The van der Waals surface area contributed by atoms with Crippen LogP contribution in [-0.4, -0.2) is 75.2 Å². The summed E-state index contributed by atoms with van der Waals surface area (Å²) < 4.78 is 5.22. The Hall–Kier alpha value is -2.98. The number of nitrogens with one attached hydrogen (secondary N) is 1. The molecular formula is C21H23NO8. The summed E-state index contributed by atoms with van der Waals surface area (Å²) in [6, 6.07) is 13.4. The van der Waals surface area contributed by atoms with Gasteiger partial charge in [-0.3, -0.25) is 0 Å². The van der Waals surface area contributed by atoms with Gasteiger partial charge >= 0.3 is 12.1 Å². The molecule has 9 nitrogen and oxygen atoms in total. The van der Waals surface area contributed by atoms with Crippen LogP contribution in [0.5, 0.6) is 0 Å². The number of carboxylic acids is 1. The van der Waals surface area contributed by atoms with Crippen molar-refractivity contribution in [2.45, 2.75) is 30.3 Å². The highest BCUT2D eigenvalue weighted by Gasteiger charge is 2.37. The number of rotatable bonds is 8. The minimum absolute atomic E-state index is 0.0654. The molecule has 1 unspecified atom stereocenters. The summed E-state index contributed by atoms with van der Waals surface area (Å²) in [4.78, 5) is 23.6. The maximum Gasteiger partial charge on any atom is 0.407 e. The molecular weight excluding hydrogens is 394 g/mol. The number of aliphatic hydroxyl groups is 4. The third-order valence-corrected chi connectivity index (χ3v) is 5.16. The first-order valence-corrected chi connectivity index (χ1v) is 9.34. The van der Waals surface area contributed by atoms with Crippen LogP contribution in [0, 0.1) is 0 Å². The number of alkyl carbamates (subject to hydrolysis) is 1. The largest absolute Gasteiger partial charge is 0.480 e.